The molecule has 0 aliphatic carbocycles. The van der Waals surface area contributed by atoms with Gasteiger partial charge in [0.2, 0.25) is 0 Å². The molecule has 3 heterocycles. The highest BCUT2D eigenvalue weighted by Gasteiger charge is 2.11. The lowest BCUT2D eigenvalue weighted by Crippen LogP contribution is -2.24. The van der Waals surface area contributed by atoms with E-state index in [9.17, 15) is 0 Å². The standard InChI is InChI=1S/C15H18N6/c1-3-13-17-18-14-8-9-15(19-21(13)14)20(4-2)11-12-7-5-6-10-16-12/h5-10H,3-4,11H2,1-2H3. The Hall–Kier alpha value is -2.50. The summed E-state index contributed by atoms with van der Waals surface area (Å²) in [4.78, 5) is 6.56. The third-order valence-corrected chi connectivity index (χ3v) is 3.41. The number of hydrogen-bond donors (Lipinski definition) is 0. The van der Waals surface area contributed by atoms with Gasteiger partial charge in [-0.15, -0.1) is 15.3 Å². The van der Waals surface area contributed by atoms with Crippen LogP contribution in [0.4, 0.5) is 5.82 Å². The third-order valence-electron chi connectivity index (χ3n) is 3.41. The fourth-order valence-electron chi connectivity index (χ4n) is 2.25. The van der Waals surface area contributed by atoms with Gasteiger partial charge in [-0.25, -0.2) is 0 Å². The number of aryl methyl sites for hydroxylation is 1. The first-order valence-electron chi connectivity index (χ1n) is 7.18. The molecule has 0 N–H and O–H groups in total. The third kappa shape index (κ3) is 2.69. The molecule has 21 heavy (non-hydrogen) atoms. The molecule has 6 nitrogen and oxygen atoms in total. The molecule has 0 saturated carbocycles. The minimum absolute atomic E-state index is 0.736. The zero-order valence-electron chi connectivity index (χ0n) is 12.3. The SMILES string of the molecule is CCc1nnc2ccc(N(CC)Cc3ccccn3)nn12. The molecule has 6 heteroatoms. The number of nitrogens with zero attached hydrogens (tertiary/aromatic N) is 6. The van der Waals surface area contributed by atoms with Crippen LogP contribution in [0, 0.1) is 0 Å². The van der Waals surface area contributed by atoms with Gasteiger partial charge in [0.25, 0.3) is 0 Å². The Bertz CT molecular complexity index is 721. The maximum atomic E-state index is 4.66. The Kier molecular flexibility index (Phi) is 3.77. The Morgan fingerprint density at radius 2 is 2.00 bits per heavy atom. The van der Waals surface area contributed by atoms with Gasteiger partial charge in [0.05, 0.1) is 12.2 Å². The highest BCUT2D eigenvalue weighted by molar-refractivity contribution is 5.45. The summed E-state index contributed by atoms with van der Waals surface area (Å²) in [7, 11) is 0. The Labute approximate surface area is 123 Å². The van der Waals surface area contributed by atoms with Gasteiger partial charge in [-0.05, 0) is 31.2 Å². The highest BCUT2D eigenvalue weighted by atomic mass is 15.4. The van der Waals surface area contributed by atoms with E-state index in [0.717, 1.165) is 42.5 Å². The van der Waals surface area contributed by atoms with Crippen LogP contribution < -0.4 is 4.90 Å². The zero-order valence-corrected chi connectivity index (χ0v) is 12.3. The molecule has 0 unspecified atom stereocenters. The maximum absolute atomic E-state index is 4.66. The fourth-order valence-corrected chi connectivity index (χ4v) is 2.25. The number of anilines is 1. The average Bonchev–Trinajstić information content (AvgIpc) is 2.95. The first-order valence-corrected chi connectivity index (χ1v) is 7.18. The summed E-state index contributed by atoms with van der Waals surface area (Å²) in [5, 5.41) is 12.9. The molecule has 0 aliphatic rings. The second kappa shape index (κ2) is 5.87. The van der Waals surface area contributed by atoms with Crippen molar-refractivity contribution in [1.29, 1.82) is 0 Å². The van der Waals surface area contributed by atoms with Crippen LogP contribution in [-0.4, -0.2) is 31.3 Å². The molecular weight excluding hydrogens is 264 g/mol. The van der Waals surface area contributed by atoms with Crippen molar-refractivity contribution in [3.05, 3.63) is 48.0 Å². The summed E-state index contributed by atoms with van der Waals surface area (Å²) in [6.07, 6.45) is 2.62. The molecule has 0 spiro atoms. The first-order chi connectivity index (χ1) is 10.3. The van der Waals surface area contributed by atoms with Crippen molar-refractivity contribution in [2.75, 3.05) is 11.4 Å². The van der Waals surface area contributed by atoms with Crippen molar-refractivity contribution < 1.29 is 0 Å². The second-order valence-electron chi connectivity index (χ2n) is 4.77. The highest BCUT2D eigenvalue weighted by Crippen LogP contribution is 2.14. The van der Waals surface area contributed by atoms with E-state index in [4.69, 9.17) is 0 Å². The van der Waals surface area contributed by atoms with Crippen LogP contribution in [-0.2, 0) is 13.0 Å². The van der Waals surface area contributed by atoms with E-state index in [1.54, 1.807) is 0 Å². The van der Waals surface area contributed by atoms with Crippen molar-refractivity contribution in [2.24, 2.45) is 0 Å². The molecule has 0 atom stereocenters. The summed E-state index contributed by atoms with van der Waals surface area (Å²) < 4.78 is 1.82. The Morgan fingerprint density at radius 1 is 1.10 bits per heavy atom. The number of hydrogen-bond acceptors (Lipinski definition) is 5. The molecule has 3 aromatic rings. The monoisotopic (exact) mass is 282 g/mol. The van der Waals surface area contributed by atoms with Crippen molar-refractivity contribution >= 4 is 11.5 Å². The molecule has 0 aromatic carbocycles. The predicted octanol–water partition coefficient (Wildman–Crippen LogP) is 2.11. The Balaban J connectivity index is 1.93. The molecule has 3 rings (SSSR count). The van der Waals surface area contributed by atoms with E-state index >= 15 is 0 Å². The van der Waals surface area contributed by atoms with Gasteiger partial charge in [-0.2, -0.15) is 4.52 Å². The topological polar surface area (TPSA) is 59.2 Å². The Morgan fingerprint density at radius 3 is 2.71 bits per heavy atom. The van der Waals surface area contributed by atoms with Crippen LogP contribution in [0.1, 0.15) is 25.4 Å². The van der Waals surface area contributed by atoms with Crippen LogP contribution in [0.25, 0.3) is 5.65 Å². The van der Waals surface area contributed by atoms with Gasteiger partial charge in [-0.3, -0.25) is 4.98 Å². The van der Waals surface area contributed by atoms with Crippen LogP contribution in [0.15, 0.2) is 36.5 Å². The molecule has 0 saturated heterocycles. The number of rotatable bonds is 5. The predicted molar refractivity (Wildman–Crippen MR) is 81.1 cm³/mol. The summed E-state index contributed by atoms with van der Waals surface area (Å²) in [6, 6.07) is 9.89. The summed E-state index contributed by atoms with van der Waals surface area (Å²) >= 11 is 0. The van der Waals surface area contributed by atoms with Crippen molar-refractivity contribution in [3.8, 4) is 0 Å². The van der Waals surface area contributed by atoms with E-state index in [0.29, 0.717) is 0 Å². The quantitative estimate of drug-likeness (QED) is 0.717. The van der Waals surface area contributed by atoms with Crippen LogP contribution in [0.2, 0.25) is 0 Å². The summed E-state index contributed by atoms with van der Waals surface area (Å²) in [6.45, 7) is 5.76. The molecule has 0 aliphatic heterocycles. The number of pyridine rings is 1. The zero-order chi connectivity index (χ0) is 14.7. The molecular formula is C15H18N6. The van der Waals surface area contributed by atoms with E-state index in [2.05, 4.69) is 39.0 Å². The summed E-state index contributed by atoms with van der Waals surface area (Å²) in [5.41, 5.74) is 1.81. The fraction of sp³-hybridized carbons (Fsp3) is 0.333. The first kappa shape index (κ1) is 13.5. The molecule has 0 bridgehead atoms. The van der Waals surface area contributed by atoms with E-state index < -0.39 is 0 Å². The van der Waals surface area contributed by atoms with Crippen LogP contribution in [0.5, 0.6) is 0 Å². The lowest BCUT2D eigenvalue weighted by atomic mass is 10.3. The van der Waals surface area contributed by atoms with Gasteiger partial charge in [0, 0.05) is 19.2 Å². The minimum atomic E-state index is 0.736. The van der Waals surface area contributed by atoms with Crippen molar-refractivity contribution in [3.63, 3.8) is 0 Å². The van der Waals surface area contributed by atoms with E-state index in [1.165, 1.54) is 0 Å². The van der Waals surface area contributed by atoms with Crippen molar-refractivity contribution in [1.82, 2.24) is 24.8 Å². The van der Waals surface area contributed by atoms with Gasteiger partial charge in [-0.1, -0.05) is 13.0 Å². The van der Waals surface area contributed by atoms with Gasteiger partial charge < -0.3 is 4.90 Å². The maximum Gasteiger partial charge on any atom is 0.178 e. The van der Waals surface area contributed by atoms with Crippen LogP contribution in [0.3, 0.4) is 0 Å². The van der Waals surface area contributed by atoms with Crippen LogP contribution >= 0.6 is 0 Å². The molecule has 3 aromatic heterocycles. The smallest absolute Gasteiger partial charge is 0.178 e. The lowest BCUT2D eigenvalue weighted by molar-refractivity contribution is 0.752. The van der Waals surface area contributed by atoms with E-state index in [-0.39, 0.29) is 0 Å². The van der Waals surface area contributed by atoms with E-state index in [1.807, 2.05) is 41.0 Å². The van der Waals surface area contributed by atoms with Crippen molar-refractivity contribution in [2.45, 2.75) is 26.8 Å². The molecule has 0 amide bonds. The number of aromatic nitrogens is 5. The largest absolute Gasteiger partial charge is 0.350 e. The second-order valence-corrected chi connectivity index (χ2v) is 4.77. The average molecular weight is 282 g/mol. The summed E-state index contributed by atoms with van der Waals surface area (Å²) in [5.74, 6) is 1.78. The van der Waals surface area contributed by atoms with Gasteiger partial charge in [0.15, 0.2) is 11.5 Å². The molecule has 108 valence electrons. The normalized spacial score (nSPS) is 11.0. The molecule has 0 radical (unpaired) electrons. The number of fused-ring (bicyclic) bond motifs is 1. The lowest BCUT2D eigenvalue weighted by Gasteiger charge is -2.21. The van der Waals surface area contributed by atoms with Gasteiger partial charge in [0.1, 0.15) is 5.82 Å². The molecule has 0 fully saturated rings. The minimum Gasteiger partial charge on any atom is -0.350 e. The van der Waals surface area contributed by atoms with Gasteiger partial charge >= 0.3 is 0 Å².